The van der Waals surface area contributed by atoms with Crippen molar-refractivity contribution in [2.45, 2.75) is 13.8 Å². The Hall–Kier alpha value is -1.65. The van der Waals surface area contributed by atoms with Gasteiger partial charge in [0.05, 0.1) is 5.92 Å². The molecule has 0 bridgehead atoms. The van der Waals surface area contributed by atoms with Crippen molar-refractivity contribution in [2.75, 3.05) is 11.9 Å². The second kappa shape index (κ2) is 4.55. The number of aromatic nitrogens is 2. The zero-order valence-corrected chi connectivity index (χ0v) is 8.19. The highest BCUT2D eigenvalue weighted by Gasteiger charge is 2.09. The third-order valence-electron chi connectivity index (χ3n) is 1.79. The lowest BCUT2D eigenvalue weighted by Crippen LogP contribution is -2.20. The third-order valence-corrected chi connectivity index (χ3v) is 1.79. The van der Waals surface area contributed by atoms with Gasteiger partial charge in [0.25, 0.3) is 0 Å². The summed E-state index contributed by atoms with van der Waals surface area (Å²) in [6.45, 7) is 3.79. The fourth-order valence-corrected chi connectivity index (χ4v) is 0.900. The van der Waals surface area contributed by atoms with E-state index >= 15 is 0 Å². The molecule has 5 heteroatoms. The Morgan fingerprint density at radius 1 is 1.71 bits per heavy atom. The summed E-state index contributed by atoms with van der Waals surface area (Å²) in [5.41, 5.74) is 0. The molecular formula is C9H13N3O2. The Bertz CT molecular complexity index is 328. The fraction of sp³-hybridized carbons (Fsp3) is 0.444. The van der Waals surface area contributed by atoms with Gasteiger partial charge in [-0.2, -0.15) is 0 Å². The second-order valence-corrected chi connectivity index (χ2v) is 3.11. The highest BCUT2D eigenvalue weighted by molar-refractivity contribution is 5.70. The standard InChI is InChI=1S/C9H13N3O2/c1-6(9(13)14)5-11-8-3-4-10-7(2)12-8/h3-4,6H,5H2,1-2H3,(H,13,14)(H,10,11,12). The summed E-state index contributed by atoms with van der Waals surface area (Å²) < 4.78 is 0. The zero-order chi connectivity index (χ0) is 10.6. The van der Waals surface area contributed by atoms with Crippen molar-refractivity contribution in [1.82, 2.24) is 9.97 Å². The normalized spacial score (nSPS) is 12.1. The predicted molar refractivity (Wildman–Crippen MR) is 52.1 cm³/mol. The van der Waals surface area contributed by atoms with Crippen molar-refractivity contribution < 1.29 is 9.90 Å². The minimum absolute atomic E-state index is 0.367. The molecule has 0 aromatic carbocycles. The van der Waals surface area contributed by atoms with Crippen LogP contribution in [0.3, 0.4) is 0 Å². The topological polar surface area (TPSA) is 75.1 Å². The van der Waals surface area contributed by atoms with Crippen molar-refractivity contribution in [3.63, 3.8) is 0 Å². The average Bonchev–Trinajstić information content (AvgIpc) is 2.14. The van der Waals surface area contributed by atoms with Gasteiger partial charge < -0.3 is 10.4 Å². The Morgan fingerprint density at radius 2 is 2.43 bits per heavy atom. The summed E-state index contributed by atoms with van der Waals surface area (Å²) in [6, 6.07) is 1.71. The first-order valence-electron chi connectivity index (χ1n) is 4.36. The molecule has 0 fully saturated rings. The average molecular weight is 195 g/mol. The Labute approximate surface area is 82.2 Å². The van der Waals surface area contributed by atoms with Crippen LogP contribution in [0.2, 0.25) is 0 Å². The van der Waals surface area contributed by atoms with Crippen LogP contribution in [0, 0.1) is 12.8 Å². The van der Waals surface area contributed by atoms with E-state index in [9.17, 15) is 4.79 Å². The minimum Gasteiger partial charge on any atom is -0.481 e. The summed E-state index contributed by atoms with van der Waals surface area (Å²) in [7, 11) is 0. The molecule has 1 aromatic rings. The molecule has 1 heterocycles. The van der Waals surface area contributed by atoms with Gasteiger partial charge in [-0.3, -0.25) is 4.79 Å². The Morgan fingerprint density at radius 3 is 3.00 bits per heavy atom. The van der Waals surface area contributed by atoms with Gasteiger partial charge in [-0.25, -0.2) is 9.97 Å². The predicted octanol–water partition coefficient (Wildman–Crippen LogP) is 0.918. The van der Waals surface area contributed by atoms with E-state index in [4.69, 9.17) is 5.11 Å². The van der Waals surface area contributed by atoms with Crippen LogP contribution in [0.4, 0.5) is 5.82 Å². The maximum Gasteiger partial charge on any atom is 0.308 e. The van der Waals surface area contributed by atoms with Crippen molar-refractivity contribution in [3.8, 4) is 0 Å². The molecule has 2 N–H and O–H groups in total. The monoisotopic (exact) mass is 195 g/mol. The van der Waals surface area contributed by atoms with Crippen LogP contribution in [0.5, 0.6) is 0 Å². The molecule has 0 spiro atoms. The number of aliphatic carboxylic acids is 1. The van der Waals surface area contributed by atoms with Crippen LogP contribution >= 0.6 is 0 Å². The van der Waals surface area contributed by atoms with E-state index in [-0.39, 0.29) is 0 Å². The van der Waals surface area contributed by atoms with Crippen LogP contribution in [0.1, 0.15) is 12.7 Å². The number of carboxylic acid groups (broad SMARTS) is 1. The van der Waals surface area contributed by atoms with Gasteiger partial charge in [-0.15, -0.1) is 0 Å². The lowest BCUT2D eigenvalue weighted by molar-refractivity contribution is -0.140. The summed E-state index contributed by atoms with van der Waals surface area (Å²) in [6.07, 6.45) is 1.64. The maximum atomic E-state index is 10.5. The van der Waals surface area contributed by atoms with E-state index in [0.717, 1.165) is 0 Å². The first-order chi connectivity index (χ1) is 6.59. The van der Waals surface area contributed by atoms with Crippen LogP contribution in [-0.4, -0.2) is 27.6 Å². The van der Waals surface area contributed by atoms with Gasteiger partial charge in [0.1, 0.15) is 11.6 Å². The lowest BCUT2D eigenvalue weighted by atomic mass is 10.2. The van der Waals surface area contributed by atoms with E-state index in [2.05, 4.69) is 15.3 Å². The SMILES string of the molecule is Cc1nccc(NCC(C)C(=O)O)n1. The molecular weight excluding hydrogens is 182 g/mol. The first kappa shape index (κ1) is 10.4. The van der Waals surface area contributed by atoms with Gasteiger partial charge in [0.2, 0.25) is 0 Å². The highest BCUT2D eigenvalue weighted by Crippen LogP contribution is 2.03. The van der Waals surface area contributed by atoms with Crippen LogP contribution < -0.4 is 5.32 Å². The van der Waals surface area contributed by atoms with E-state index in [1.165, 1.54) is 0 Å². The molecule has 0 saturated carbocycles. The summed E-state index contributed by atoms with van der Waals surface area (Å²) >= 11 is 0. The molecule has 0 aliphatic heterocycles. The van der Waals surface area contributed by atoms with Crippen molar-refractivity contribution >= 4 is 11.8 Å². The maximum absolute atomic E-state index is 10.5. The molecule has 1 atom stereocenters. The second-order valence-electron chi connectivity index (χ2n) is 3.11. The molecule has 1 rings (SSSR count). The van der Waals surface area contributed by atoms with Crippen molar-refractivity contribution in [1.29, 1.82) is 0 Å². The minimum atomic E-state index is -0.816. The van der Waals surface area contributed by atoms with Crippen molar-refractivity contribution in [2.24, 2.45) is 5.92 Å². The molecule has 0 saturated heterocycles. The summed E-state index contributed by atoms with van der Waals surface area (Å²) in [5, 5.41) is 11.6. The number of carboxylic acids is 1. The molecule has 1 unspecified atom stereocenters. The number of rotatable bonds is 4. The number of nitrogens with one attached hydrogen (secondary N) is 1. The van der Waals surface area contributed by atoms with Crippen LogP contribution in [0.25, 0.3) is 0 Å². The van der Waals surface area contributed by atoms with E-state index in [1.807, 2.05) is 0 Å². The first-order valence-corrected chi connectivity index (χ1v) is 4.36. The quantitative estimate of drug-likeness (QED) is 0.747. The van der Waals surface area contributed by atoms with Gasteiger partial charge >= 0.3 is 5.97 Å². The smallest absolute Gasteiger partial charge is 0.308 e. The number of carbonyl (C=O) groups is 1. The van der Waals surface area contributed by atoms with Gasteiger partial charge in [0, 0.05) is 12.7 Å². The van der Waals surface area contributed by atoms with Crippen LogP contribution in [0.15, 0.2) is 12.3 Å². The zero-order valence-electron chi connectivity index (χ0n) is 8.19. The Balaban J connectivity index is 2.49. The number of aryl methyl sites for hydroxylation is 1. The number of hydrogen-bond acceptors (Lipinski definition) is 4. The molecule has 0 radical (unpaired) electrons. The van der Waals surface area contributed by atoms with Gasteiger partial charge in [-0.05, 0) is 13.0 Å². The Kier molecular flexibility index (Phi) is 3.39. The largest absolute Gasteiger partial charge is 0.481 e. The van der Waals surface area contributed by atoms with Crippen LogP contribution in [-0.2, 0) is 4.79 Å². The van der Waals surface area contributed by atoms with E-state index < -0.39 is 11.9 Å². The number of anilines is 1. The van der Waals surface area contributed by atoms with E-state index in [0.29, 0.717) is 18.2 Å². The van der Waals surface area contributed by atoms with Crippen molar-refractivity contribution in [3.05, 3.63) is 18.1 Å². The summed E-state index contributed by atoms with van der Waals surface area (Å²) in [4.78, 5) is 18.5. The number of hydrogen-bond donors (Lipinski definition) is 2. The van der Waals surface area contributed by atoms with Gasteiger partial charge in [-0.1, -0.05) is 6.92 Å². The molecule has 0 amide bonds. The number of nitrogens with zero attached hydrogens (tertiary/aromatic N) is 2. The molecule has 1 aromatic heterocycles. The molecule has 76 valence electrons. The third kappa shape index (κ3) is 3.01. The highest BCUT2D eigenvalue weighted by atomic mass is 16.4. The molecule has 14 heavy (non-hydrogen) atoms. The van der Waals surface area contributed by atoms with Gasteiger partial charge in [0.15, 0.2) is 0 Å². The fourth-order valence-electron chi connectivity index (χ4n) is 0.900. The molecule has 0 aliphatic carbocycles. The summed E-state index contributed by atoms with van der Waals surface area (Å²) in [5.74, 6) is 0.0807. The van der Waals surface area contributed by atoms with E-state index in [1.54, 1.807) is 26.1 Å². The lowest BCUT2D eigenvalue weighted by Gasteiger charge is -2.08. The molecule has 0 aliphatic rings. The molecule has 5 nitrogen and oxygen atoms in total.